The molecule has 2 N–H and O–H groups in total. The van der Waals surface area contributed by atoms with Crippen molar-refractivity contribution in [2.75, 3.05) is 21.3 Å². The molecule has 1 aromatic rings. The van der Waals surface area contributed by atoms with Gasteiger partial charge in [0.15, 0.2) is 16.6 Å². The maximum Gasteiger partial charge on any atom is 0.257 e. The normalized spacial score (nSPS) is 29.9. The summed E-state index contributed by atoms with van der Waals surface area (Å²) in [5.74, 6) is 3.48. The predicted octanol–water partition coefficient (Wildman–Crippen LogP) is 3.29. The molecule has 4 aliphatic rings. The van der Waals surface area contributed by atoms with Crippen molar-refractivity contribution in [3.63, 3.8) is 0 Å². The highest BCUT2D eigenvalue weighted by molar-refractivity contribution is 7.80. The van der Waals surface area contributed by atoms with Gasteiger partial charge in [0.25, 0.3) is 5.91 Å². The zero-order valence-electron chi connectivity index (χ0n) is 16.7. The van der Waals surface area contributed by atoms with Gasteiger partial charge in [-0.25, -0.2) is 0 Å². The highest BCUT2D eigenvalue weighted by atomic mass is 32.1. The monoisotopic (exact) mass is 404 g/mol. The Labute approximate surface area is 171 Å². The molecule has 0 unspecified atom stereocenters. The number of hydrogen-bond acceptors (Lipinski definition) is 5. The van der Waals surface area contributed by atoms with Crippen LogP contribution >= 0.6 is 12.2 Å². The van der Waals surface area contributed by atoms with E-state index in [0.717, 1.165) is 17.8 Å². The predicted molar refractivity (Wildman–Crippen MR) is 110 cm³/mol. The van der Waals surface area contributed by atoms with Crippen molar-refractivity contribution in [2.45, 2.75) is 44.1 Å². The summed E-state index contributed by atoms with van der Waals surface area (Å²) in [5, 5.41) is 6.76. The Morgan fingerprint density at radius 2 is 1.46 bits per heavy atom. The molecule has 4 fully saturated rings. The van der Waals surface area contributed by atoms with Crippen molar-refractivity contribution < 1.29 is 19.0 Å². The fourth-order valence-electron chi connectivity index (χ4n) is 5.92. The number of methoxy groups -OCH3 is 3. The first-order chi connectivity index (χ1) is 13.4. The Kier molecular flexibility index (Phi) is 5.12. The molecule has 28 heavy (non-hydrogen) atoms. The SMILES string of the molecule is COc1cc(C(=O)NC(=S)NC23CC4CC(CC(C4)C2)C3)cc(OC)c1OC. The van der Waals surface area contributed by atoms with Crippen LogP contribution in [-0.4, -0.2) is 37.9 Å². The number of benzene rings is 1. The Morgan fingerprint density at radius 3 is 1.89 bits per heavy atom. The number of ether oxygens (including phenoxy) is 3. The van der Waals surface area contributed by atoms with Gasteiger partial charge in [0.05, 0.1) is 21.3 Å². The molecule has 6 nitrogen and oxygen atoms in total. The summed E-state index contributed by atoms with van der Waals surface area (Å²) in [5.41, 5.74) is 0.471. The minimum atomic E-state index is -0.290. The largest absolute Gasteiger partial charge is 0.493 e. The average Bonchev–Trinajstić information content (AvgIpc) is 2.64. The number of nitrogens with one attached hydrogen (secondary N) is 2. The van der Waals surface area contributed by atoms with Crippen LogP contribution < -0.4 is 24.8 Å². The number of amides is 1. The third-order valence-corrected chi connectivity index (χ3v) is 6.78. The molecule has 0 saturated heterocycles. The lowest BCUT2D eigenvalue weighted by molar-refractivity contribution is -0.0101. The molecule has 5 rings (SSSR count). The third kappa shape index (κ3) is 3.52. The van der Waals surface area contributed by atoms with Crippen molar-refractivity contribution in [1.29, 1.82) is 0 Å². The zero-order valence-corrected chi connectivity index (χ0v) is 17.5. The lowest BCUT2D eigenvalue weighted by Crippen LogP contribution is -2.61. The highest BCUT2D eigenvalue weighted by Crippen LogP contribution is 2.55. The van der Waals surface area contributed by atoms with Crippen LogP contribution in [0.4, 0.5) is 0 Å². The van der Waals surface area contributed by atoms with Crippen molar-refractivity contribution in [3.8, 4) is 17.2 Å². The number of rotatable bonds is 5. The maximum atomic E-state index is 12.8. The van der Waals surface area contributed by atoms with Gasteiger partial charge in [-0.15, -0.1) is 0 Å². The first-order valence-corrected chi connectivity index (χ1v) is 10.3. The second-order valence-electron chi connectivity index (χ2n) is 8.52. The Bertz CT molecular complexity index is 734. The van der Waals surface area contributed by atoms with Gasteiger partial charge in [-0.05, 0) is 80.6 Å². The molecule has 0 aliphatic heterocycles. The molecule has 0 spiro atoms. The van der Waals surface area contributed by atoms with E-state index in [9.17, 15) is 4.79 Å². The Morgan fingerprint density at radius 1 is 0.964 bits per heavy atom. The summed E-state index contributed by atoms with van der Waals surface area (Å²) >= 11 is 5.51. The van der Waals surface area contributed by atoms with Gasteiger partial charge in [-0.2, -0.15) is 0 Å². The summed E-state index contributed by atoms with van der Waals surface area (Å²) in [6, 6.07) is 3.26. The summed E-state index contributed by atoms with van der Waals surface area (Å²) in [4.78, 5) is 12.8. The highest BCUT2D eigenvalue weighted by Gasteiger charge is 2.51. The first kappa shape index (κ1) is 19.3. The second kappa shape index (κ2) is 7.43. The number of carbonyl (C=O) groups is 1. The van der Waals surface area contributed by atoms with Gasteiger partial charge < -0.3 is 19.5 Å². The number of thiocarbonyl (C=S) groups is 1. The van der Waals surface area contributed by atoms with E-state index < -0.39 is 0 Å². The standard InChI is InChI=1S/C21H28N2O4S/c1-25-16-7-15(8-17(26-2)18(16)27-3)19(24)22-20(28)23-21-9-12-4-13(10-21)6-14(5-12)11-21/h7-8,12-14H,4-6,9-11H2,1-3H3,(H2,22,23,24,28). The molecule has 152 valence electrons. The molecule has 0 atom stereocenters. The van der Waals surface area contributed by atoms with Crippen molar-refractivity contribution in [3.05, 3.63) is 17.7 Å². The minimum Gasteiger partial charge on any atom is -0.493 e. The quantitative estimate of drug-likeness (QED) is 0.734. The van der Waals surface area contributed by atoms with Crippen LogP contribution in [0.2, 0.25) is 0 Å². The van der Waals surface area contributed by atoms with Gasteiger partial charge in [-0.1, -0.05) is 0 Å². The van der Waals surface area contributed by atoms with E-state index in [-0.39, 0.29) is 11.4 Å². The summed E-state index contributed by atoms with van der Waals surface area (Å²) < 4.78 is 16.0. The number of hydrogen-bond donors (Lipinski definition) is 2. The fraction of sp³-hybridized carbons (Fsp3) is 0.619. The molecule has 4 saturated carbocycles. The minimum absolute atomic E-state index is 0.0639. The summed E-state index contributed by atoms with van der Waals surface area (Å²) in [7, 11) is 4.58. The van der Waals surface area contributed by atoms with Crippen LogP contribution in [-0.2, 0) is 0 Å². The van der Waals surface area contributed by atoms with Gasteiger partial charge in [0.2, 0.25) is 5.75 Å². The van der Waals surface area contributed by atoms with Crippen LogP contribution in [0.1, 0.15) is 48.9 Å². The van der Waals surface area contributed by atoms with E-state index >= 15 is 0 Å². The lowest BCUT2D eigenvalue weighted by atomic mass is 9.53. The molecule has 4 bridgehead atoms. The zero-order chi connectivity index (χ0) is 19.9. The smallest absolute Gasteiger partial charge is 0.257 e. The fourth-order valence-corrected chi connectivity index (χ4v) is 6.23. The van der Waals surface area contributed by atoms with Crippen molar-refractivity contribution >= 4 is 23.2 Å². The molecular weight excluding hydrogens is 376 g/mol. The van der Waals surface area contributed by atoms with Crippen LogP contribution in [0.3, 0.4) is 0 Å². The van der Waals surface area contributed by atoms with Gasteiger partial charge in [0.1, 0.15) is 0 Å². The van der Waals surface area contributed by atoms with Crippen molar-refractivity contribution in [2.24, 2.45) is 17.8 Å². The molecule has 0 heterocycles. The summed E-state index contributed by atoms with van der Waals surface area (Å²) in [6.45, 7) is 0. The van der Waals surface area contributed by atoms with Crippen LogP contribution in [0.25, 0.3) is 0 Å². The molecule has 1 amide bonds. The number of carbonyl (C=O) groups excluding carboxylic acids is 1. The topological polar surface area (TPSA) is 68.8 Å². The summed E-state index contributed by atoms with van der Waals surface area (Å²) in [6.07, 6.45) is 7.60. The van der Waals surface area contributed by atoms with Crippen molar-refractivity contribution in [1.82, 2.24) is 10.6 Å². The molecule has 0 radical (unpaired) electrons. The molecule has 7 heteroatoms. The van der Waals surface area contributed by atoms with Crippen LogP contribution in [0.15, 0.2) is 12.1 Å². The van der Waals surface area contributed by atoms with E-state index in [1.807, 2.05) is 0 Å². The molecule has 1 aromatic carbocycles. The molecular formula is C21H28N2O4S. The molecule has 0 aromatic heterocycles. The van der Waals surface area contributed by atoms with E-state index in [1.165, 1.54) is 59.9 Å². The first-order valence-electron chi connectivity index (χ1n) is 9.88. The van der Waals surface area contributed by atoms with Gasteiger partial charge >= 0.3 is 0 Å². The Balaban J connectivity index is 1.46. The average molecular weight is 405 g/mol. The lowest BCUT2D eigenvalue weighted by Gasteiger charge is -2.57. The van der Waals surface area contributed by atoms with Gasteiger partial charge in [0, 0.05) is 11.1 Å². The van der Waals surface area contributed by atoms with Crippen LogP contribution in [0, 0.1) is 17.8 Å². The third-order valence-electron chi connectivity index (χ3n) is 6.57. The van der Waals surface area contributed by atoms with Gasteiger partial charge in [-0.3, -0.25) is 10.1 Å². The van der Waals surface area contributed by atoms with E-state index in [4.69, 9.17) is 26.4 Å². The molecule has 4 aliphatic carbocycles. The van der Waals surface area contributed by atoms with Crippen LogP contribution in [0.5, 0.6) is 17.2 Å². The Hall–Kier alpha value is -2.02. The van der Waals surface area contributed by atoms with E-state index in [1.54, 1.807) is 12.1 Å². The maximum absolute atomic E-state index is 12.8. The van der Waals surface area contributed by atoms with E-state index in [2.05, 4.69) is 10.6 Å². The second-order valence-corrected chi connectivity index (χ2v) is 8.93. The van der Waals surface area contributed by atoms with E-state index in [0.29, 0.717) is 27.9 Å².